The highest BCUT2D eigenvalue weighted by molar-refractivity contribution is 5.00. The van der Waals surface area contributed by atoms with Crippen LogP contribution in [0.15, 0.2) is 0 Å². The fraction of sp³-hybridized carbons (Fsp3) is 0.846. The maximum absolute atomic E-state index is 3.46. The van der Waals surface area contributed by atoms with E-state index in [1.54, 1.807) is 0 Å². The molecule has 0 aromatic carbocycles. The summed E-state index contributed by atoms with van der Waals surface area (Å²) in [6.07, 6.45) is 3.47. The van der Waals surface area contributed by atoms with Crippen molar-refractivity contribution in [3.63, 3.8) is 0 Å². The van der Waals surface area contributed by atoms with E-state index < -0.39 is 0 Å². The Morgan fingerprint density at radius 3 is 2.50 bits per heavy atom. The summed E-state index contributed by atoms with van der Waals surface area (Å²) >= 11 is 0. The van der Waals surface area contributed by atoms with Crippen LogP contribution in [-0.2, 0) is 0 Å². The zero-order chi connectivity index (χ0) is 10.8. The molecule has 14 heavy (non-hydrogen) atoms. The standard InChI is InChI=1S/C13H25N/c1-5-13(4)11-14-10-8-6-7-9-12(2)3/h12-14H,5-6,8,10-11H2,1-4H3. The van der Waals surface area contributed by atoms with E-state index in [1.165, 1.54) is 12.8 Å². The minimum Gasteiger partial charge on any atom is -0.316 e. The van der Waals surface area contributed by atoms with Gasteiger partial charge in [0.1, 0.15) is 0 Å². The summed E-state index contributed by atoms with van der Waals surface area (Å²) in [6.45, 7) is 11.0. The molecule has 1 N–H and O–H groups in total. The van der Waals surface area contributed by atoms with Crippen molar-refractivity contribution in [1.82, 2.24) is 5.32 Å². The molecule has 0 aromatic heterocycles. The van der Waals surface area contributed by atoms with Gasteiger partial charge in [0, 0.05) is 12.3 Å². The van der Waals surface area contributed by atoms with Gasteiger partial charge in [-0.1, -0.05) is 34.1 Å². The molecule has 82 valence electrons. The highest BCUT2D eigenvalue weighted by atomic mass is 14.8. The Balaban J connectivity index is 3.19. The maximum Gasteiger partial charge on any atom is 0.0146 e. The molecule has 0 aliphatic heterocycles. The molecule has 0 bridgehead atoms. The molecule has 0 aliphatic rings. The fourth-order valence-corrected chi connectivity index (χ4v) is 1.07. The topological polar surface area (TPSA) is 12.0 Å². The van der Waals surface area contributed by atoms with Crippen molar-refractivity contribution in [2.75, 3.05) is 13.1 Å². The fourth-order valence-electron chi connectivity index (χ4n) is 1.07. The van der Waals surface area contributed by atoms with Gasteiger partial charge in [0.25, 0.3) is 0 Å². The molecule has 0 rings (SSSR count). The minimum absolute atomic E-state index is 0.517. The molecule has 1 unspecified atom stereocenters. The molecule has 1 atom stereocenters. The van der Waals surface area contributed by atoms with E-state index in [4.69, 9.17) is 0 Å². The number of hydrogen-bond donors (Lipinski definition) is 1. The van der Waals surface area contributed by atoms with Crippen LogP contribution in [-0.4, -0.2) is 13.1 Å². The van der Waals surface area contributed by atoms with Gasteiger partial charge in [-0.15, -0.1) is 11.8 Å². The van der Waals surface area contributed by atoms with Crippen molar-refractivity contribution < 1.29 is 0 Å². The summed E-state index contributed by atoms with van der Waals surface area (Å²) < 4.78 is 0. The minimum atomic E-state index is 0.517. The molecule has 0 saturated heterocycles. The Morgan fingerprint density at radius 1 is 1.21 bits per heavy atom. The van der Waals surface area contributed by atoms with Crippen molar-refractivity contribution in [3.05, 3.63) is 0 Å². The van der Waals surface area contributed by atoms with Crippen molar-refractivity contribution in [1.29, 1.82) is 0 Å². The van der Waals surface area contributed by atoms with Gasteiger partial charge in [0.2, 0.25) is 0 Å². The zero-order valence-electron chi connectivity index (χ0n) is 10.2. The van der Waals surface area contributed by atoms with Crippen molar-refractivity contribution >= 4 is 0 Å². The van der Waals surface area contributed by atoms with Gasteiger partial charge in [0.15, 0.2) is 0 Å². The van der Waals surface area contributed by atoms with Gasteiger partial charge in [0.05, 0.1) is 0 Å². The lowest BCUT2D eigenvalue weighted by molar-refractivity contribution is 0.497. The van der Waals surface area contributed by atoms with E-state index in [2.05, 4.69) is 44.9 Å². The molecule has 1 nitrogen and oxygen atoms in total. The van der Waals surface area contributed by atoms with Gasteiger partial charge in [-0.2, -0.15) is 0 Å². The Labute approximate surface area is 89.7 Å². The van der Waals surface area contributed by atoms with Crippen LogP contribution in [0.3, 0.4) is 0 Å². The second-order valence-corrected chi connectivity index (χ2v) is 4.30. The van der Waals surface area contributed by atoms with Crippen LogP contribution >= 0.6 is 0 Å². The van der Waals surface area contributed by atoms with E-state index in [9.17, 15) is 0 Å². The van der Waals surface area contributed by atoms with Gasteiger partial charge in [-0.25, -0.2) is 0 Å². The molecular weight excluding hydrogens is 170 g/mol. The first-order chi connectivity index (χ1) is 6.66. The largest absolute Gasteiger partial charge is 0.316 e. The highest BCUT2D eigenvalue weighted by Gasteiger charge is 1.95. The molecule has 0 aliphatic carbocycles. The van der Waals surface area contributed by atoms with Crippen molar-refractivity contribution in [2.45, 2.75) is 47.0 Å². The van der Waals surface area contributed by atoms with E-state index in [0.717, 1.165) is 25.4 Å². The molecule has 0 radical (unpaired) electrons. The molecular formula is C13H25N. The summed E-state index contributed by atoms with van der Waals surface area (Å²) in [5.41, 5.74) is 0. The third-order valence-corrected chi connectivity index (χ3v) is 2.24. The lowest BCUT2D eigenvalue weighted by atomic mass is 10.1. The predicted octanol–water partition coefficient (Wildman–Crippen LogP) is 3.06. The maximum atomic E-state index is 3.46. The SMILES string of the molecule is CCC(C)CNCCCC#CC(C)C. The molecule has 0 spiro atoms. The zero-order valence-corrected chi connectivity index (χ0v) is 10.2. The Hall–Kier alpha value is -0.480. The second-order valence-electron chi connectivity index (χ2n) is 4.30. The quantitative estimate of drug-likeness (QED) is 0.507. The predicted molar refractivity (Wildman–Crippen MR) is 64.2 cm³/mol. The average Bonchev–Trinajstić information content (AvgIpc) is 2.15. The molecule has 0 heterocycles. The second kappa shape index (κ2) is 9.09. The third kappa shape index (κ3) is 9.61. The Morgan fingerprint density at radius 2 is 1.93 bits per heavy atom. The molecule has 0 fully saturated rings. The van der Waals surface area contributed by atoms with Gasteiger partial charge >= 0.3 is 0 Å². The van der Waals surface area contributed by atoms with Crippen LogP contribution in [0.25, 0.3) is 0 Å². The van der Waals surface area contributed by atoms with Crippen LogP contribution < -0.4 is 5.32 Å². The van der Waals surface area contributed by atoms with Crippen molar-refractivity contribution in [2.24, 2.45) is 11.8 Å². The van der Waals surface area contributed by atoms with Crippen LogP contribution in [0.5, 0.6) is 0 Å². The van der Waals surface area contributed by atoms with Gasteiger partial charge in [-0.3, -0.25) is 0 Å². The van der Waals surface area contributed by atoms with E-state index in [0.29, 0.717) is 5.92 Å². The van der Waals surface area contributed by atoms with Gasteiger partial charge in [-0.05, 0) is 25.4 Å². The van der Waals surface area contributed by atoms with Crippen molar-refractivity contribution in [3.8, 4) is 11.8 Å². The lowest BCUT2D eigenvalue weighted by Gasteiger charge is -2.08. The summed E-state index contributed by atoms with van der Waals surface area (Å²) in [5.74, 6) is 7.69. The summed E-state index contributed by atoms with van der Waals surface area (Å²) in [5, 5.41) is 3.46. The molecule has 0 saturated carbocycles. The van der Waals surface area contributed by atoms with Crippen LogP contribution in [0, 0.1) is 23.7 Å². The lowest BCUT2D eigenvalue weighted by Crippen LogP contribution is -2.21. The smallest absolute Gasteiger partial charge is 0.0146 e. The first-order valence-electron chi connectivity index (χ1n) is 5.85. The summed E-state index contributed by atoms with van der Waals surface area (Å²) in [7, 11) is 0. The van der Waals surface area contributed by atoms with E-state index >= 15 is 0 Å². The normalized spacial score (nSPS) is 12.4. The summed E-state index contributed by atoms with van der Waals surface area (Å²) in [4.78, 5) is 0. The third-order valence-electron chi connectivity index (χ3n) is 2.24. The average molecular weight is 195 g/mol. The number of nitrogens with one attached hydrogen (secondary N) is 1. The van der Waals surface area contributed by atoms with E-state index in [-0.39, 0.29) is 0 Å². The molecule has 0 amide bonds. The first-order valence-corrected chi connectivity index (χ1v) is 5.85. The van der Waals surface area contributed by atoms with Crippen LogP contribution in [0.2, 0.25) is 0 Å². The number of rotatable bonds is 6. The monoisotopic (exact) mass is 195 g/mol. The van der Waals surface area contributed by atoms with Gasteiger partial charge < -0.3 is 5.32 Å². The van der Waals surface area contributed by atoms with Crippen LogP contribution in [0.1, 0.15) is 47.0 Å². The highest BCUT2D eigenvalue weighted by Crippen LogP contribution is 1.97. The first kappa shape index (κ1) is 13.5. The number of hydrogen-bond acceptors (Lipinski definition) is 1. The Kier molecular flexibility index (Phi) is 8.78. The van der Waals surface area contributed by atoms with E-state index in [1.807, 2.05) is 0 Å². The van der Waals surface area contributed by atoms with Crippen LogP contribution in [0.4, 0.5) is 0 Å². The summed E-state index contributed by atoms with van der Waals surface area (Å²) in [6, 6.07) is 0. The molecule has 1 heteroatoms. The number of unbranched alkanes of at least 4 members (excludes halogenated alkanes) is 1. The Bertz CT molecular complexity index is 173. The molecule has 0 aromatic rings.